The van der Waals surface area contributed by atoms with Crippen LogP contribution in [0.25, 0.3) is 0 Å². The van der Waals surface area contributed by atoms with Crippen molar-refractivity contribution in [1.82, 2.24) is 4.90 Å². The molecular weight excluding hydrogens is 171 g/mol. The second-order valence-corrected chi connectivity index (χ2v) is 3.69. The van der Waals surface area contributed by atoms with E-state index in [1.807, 2.05) is 0 Å². The van der Waals surface area contributed by atoms with Gasteiger partial charge in [0.1, 0.15) is 0 Å². The highest BCUT2D eigenvalue weighted by Gasteiger charge is 2.12. The number of hydrogen-bond acceptors (Lipinski definition) is 2. The second-order valence-electron chi connectivity index (χ2n) is 3.12. The SMILES string of the molecule is NOCCC(=P)N1CCCCC1. The van der Waals surface area contributed by atoms with Crippen LogP contribution in [0, 0.1) is 0 Å². The van der Waals surface area contributed by atoms with Crippen LogP contribution in [0.4, 0.5) is 0 Å². The fourth-order valence-corrected chi connectivity index (χ4v) is 1.80. The van der Waals surface area contributed by atoms with Gasteiger partial charge in [-0.05, 0) is 12.8 Å². The molecule has 1 fully saturated rings. The minimum Gasteiger partial charge on any atom is -0.304 e. The highest BCUT2D eigenvalue weighted by Crippen LogP contribution is 2.11. The largest absolute Gasteiger partial charge is 0.304 e. The van der Waals surface area contributed by atoms with Crippen molar-refractivity contribution in [2.24, 2.45) is 5.90 Å². The first-order chi connectivity index (χ1) is 5.84. The summed E-state index contributed by atoms with van der Waals surface area (Å²) in [7, 11) is 3.60. The summed E-state index contributed by atoms with van der Waals surface area (Å²) in [6.45, 7) is 2.93. The van der Waals surface area contributed by atoms with Crippen LogP contribution < -0.4 is 5.90 Å². The molecule has 1 saturated heterocycles. The number of nitrogens with zero attached hydrogens (tertiary/aromatic N) is 1. The zero-order chi connectivity index (χ0) is 8.81. The van der Waals surface area contributed by atoms with E-state index in [2.05, 4.69) is 18.6 Å². The van der Waals surface area contributed by atoms with Gasteiger partial charge >= 0.3 is 0 Å². The molecule has 0 bridgehead atoms. The lowest BCUT2D eigenvalue weighted by molar-refractivity contribution is 0.143. The first-order valence-corrected chi connectivity index (χ1v) is 4.98. The van der Waals surface area contributed by atoms with E-state index in [9.17, 15) is 0 Å². The molecular formula is C8H17N2OP. The first-order valence-electron chi connectivity index (χ1n) is 4.48. The zero-order valence-electron chi connectivity index (χ0n) is 7.38. The van der Waals surface area contributed by atoms with Crippen LogP contribution in [-0.2, 0) is 4.84 Å². The lowest BCUT2D eigenvalue weighted by Crippen LogP contribution is -2.34. The molecule has 0 spiro atoms. The van der Waals surface area contributed by atoms with E-state index in [0.717, 1.165) is 6.42 Å². The van der Waals surface area contributed by atoms with Crippen LogP contribution in [0.15, 0.2) is 0 Å². The number of nitrogens with two attached hydrogens (primary N) is 1. The molecule has 12 heavy (non-hydrogen) atoms. The Morgan fingerprint density at radius 2 is 2.00 bits per heavy atom. The van der Waals surface area contributed by atoms with E-state index in [1.54, 1.807) is 0 Å². The Balaban J connectivity index is 2.20. The number of likely N-dealkylation sites (tertiary alicyclic amines) is 1. The third-order valence-electron chi connectivity index (χ3n) is 2.19. The molecule has 1 aliphatic heterocycles. The molecule has 0 radical (unpaired) electrons. The normalized spacial score (nSPS) is 19.4. The van der Waals surface area contributed by atoms with Gasteiger partial charge in [-0.25, -0.2) is 5.90 Å². The Morgan fingerprint density at radius 3 is 2.58 bits per heavy atom. The highest BCUT2D eigenvalue weighted by atomic mass is 31.0. The van der Waals surface area contributed by atoms with E-state index in [-0.39, 0.29) is 0 Å². The maximum Gasteiger partial charge on any atom is 0.0732 e. The molecule has 3 nitrogen and oxygen atoms in total. The molecule has 0 aromatic carbocycles. The van der Waals surface area contributed by atoms with Crippen molar-refractivity contribution in [3.63, 3.8) is 0 Å². The van der Waals surface area contributed by atoms with E-state index < -0.39 is 0 Å². The third kappa shape index (κ3) is 3.20. The molecule has 1 heterocycles. The molecule has 0 aromatic rings. The summed E-state index contributed by atoms with van der Waals surface area (Å²) in [5.41, 5.74) is 1.22. The fraction of sp³-hybridized carbons (Fsp3) is 0.875. The summed E-state index contributed by atoms with van der Waals surface area (Å²) in [5.74, 6) is 4.95. The van der Waals surface area contributed by atoms with Crippen LogP contribution in [0.2, 0.25) is 0 Å². The van der Waals surface area contributed by atoms with Gasteiger partial charge in [-0.15, -0.1) is 8.86 Å². The van der Waals surface area contributed by atoms with E-state index in [0.29, 0.717) is 6.61 Å². The van der Waals surface area contributed by atoms with Crippen molar-refractivity contribution in [2.45, 2.75) is 25.7 Å². The van der Waals surface area contributed by atoms with Crippen molar-refractivity contribution in [3.05, 3.63) is 0 Å². The third-order valence-corrected chi connectivity index (χ3v) is 2.76. The van der Waals surface area contributed by atoms with Crippen LogP contribution in [0.1, 0.15) is 25.7 Å². The maximum atomic E-state index is 4.95. The smallest absolute Gasteiger partial charge is 0.0732 e. The Hall–Kier alpha value is 0.0500. The van der Waals surface area contributed by atoms with Gasteiger partial charge in [0, 0.05) is 24.9 Å². The minimum atomic E-state index is 0.593. The van der Waals surface area contributed by atoms with Gasteiger partial charge in [-0.2, -0.15) is 0 Å². The predicted molar refractivity (Wildman–Crippen MR) is 53.5 cm³/mol. The second kappa shape index (κ2) is 5.65. The average molecular weight is 188 g/mol. The van der Waals surface area contributed by atoms with E-state index in [1.165, 1.54) is 37.8 Å². The molecule has 1 rings (SSSR count). The quantitative estimate of drug-likeness (QED) is 0.529. The van der Waals surface area contributed by atoms with Gasteiger partial charge in [0.2, 0.25) is 0 Å². The first kappa shape index (κ1) is 10.1. The van der Waals surface area contributed by atoms with E-state index in [4.69, 9.17) is 5.90 Å². The molecule has 4 heteroatoms. The van der Waals surface area contributed by atoms with Gasteiger partial charge < -0.3 is 4.84 Å². The summed E-state index contributed by atoms with van der Waals surface area (Å²) < 4.78 is 0. The average Bonchev–Trinajstić information content (AvgIpc) is 2.15. The van der Waals surface area contributed by atoms with Gasteiger partial charge in [-0.1, -0.05) is 6.42 Å². The molecule has 0 aromatic heterocycles. The molecule has 0 aliphatic carbocycles. The number of piperidine rings is 1. The Kier molecular flexibility index (Phi) is 4.77. The van der Waals surface area contributed by atoms with Gasteiger partial charge in [0.25, 0.3) is 0 Å². The van der Waals surface area contributed by atoms with Crippen LogP contribution >= 0.6 is 8.86 Å². The Labute approximate surface area is 76.0 Å². The summed E-state index contributed by atoms with van der Waals surface area (Å²) in [6.07, 6.45) is 4.85. The van der Waals surface area contributed by atoms with Crippen molar-refractivity contribution in [2.75, 3.05) is 19.7 Å². The number of hydrogen-bond donors (Lipinski definition) is 1. The molecule has 2 N–H and O–H groups in total. The standard InChI is InChI=1S/C8H17N2OP/c9-11-7-4-8(12)10-5-2-1-3-6-10/h12H,1-7,9H2. The summed E-state index contributed by atoms with van der Waals surface area (Å²) >= 11 is 0. The van der Waals surface area contributed by atoms with Crippen molar-refractivity contribution >= 4 is 14.3 Å². The van der Waals surface area contributed by atoms with Crippen molar-refractivity contribution in [3.8, 4) is 0 Å². The van der Waals surface area contributed by atoms with E-state index >= 15 is 0 Å². The molecule has 0 unspecified atom stereocenters. The monoisotopic (exact) mass is 188 g/mol. The summed E-state index contributed by atoms with van der Waals surface area (Å²) in [6, 6.07) is 0. The lowest BCUT2D eigenvalue weighted by Gasteiger charge is -2.27. The predicted octanol–water partition coefficient (Wildman–Crippen LogP) is 1.03. The highest BCUT2D eigenvalue weighted by molar-refractivity contribution is 7.20. The molecule has 0 atom stereocenters. The van der Waals surface area contributed by atoms with Crippen molar-refractivity contribution in [1.29, 1.82) is 0 Å². The van der Waals surface area contributed by atoms with Gasteiger partial charge in [0.15, 0.2) is 0 Å². The van der Waals surface area contributed by atoms with Crippen LogP contribution in [0.5, 0.6) is 0 Å². The maximum absolute atomic E-state index is 4.95. The summed E-state index contributed by atoms with van der Waals surface area (Å²) in [5, 5.41) is 0. The minimum absolute atomic E-state index is 0.593. The van der Waals surface area contributed by atoms with Crippen LogP contribution in [-0.4, -0.2) is 30.0 Å². The molecule has 0 amide bonds. The molecule has 70 valence electrons. The Morgan fingerprint density at radius 1 is 1.33 bits per heavy atom. The van der Waals surface area contributed by atoms with Gasteiger partial charge in [-0.3, -0.25) is 4.90 Å². The molecule has 1 aliphatic rings. The lowest BCUT2D eigenvalue weighted by atomic mass is 10.1. The number of rotatable bonds is 4. The topological polar surface area (TPSA) is 38.5 Å². The Bertz CT molecular complexity index is 146. The molecule has 0 saturated carbocycles. The van der Waals surface area contributed by atoms with Crippen molar-refractivity contribution < 1.29 is 4.84 Å². The van der Waals surface area contributed by atoms with Crippen LogP contribution in [0.3, 0.4) is 0 Å². The van der Waals surface area contributed by atoms with Gasteiger partial charge in [0.05, 0.1) is 6.61 Å². The fourth-order valence-electron chi connectivity index (χ4n) is 1.48. The summed E-state index contributed by atoms with van der Waals surface area (Å²) in [4.78, 5) is 6.89. The zero-order valence-corrected chi connectivity index (χ0v) is 8.38.